The van der Waals surface area contributed by atoms with E-state index in [4.69, 9.17) is 4.74 Å². The number of aliphatic hydroxyl groups excluding tert-OH is 1. The van der Waals surface area contributed by atoms with Gasteiger partial charge in [-0.2, -0.15) is 0 Å². The maximum Gasteiger partial charge on any atom is 0.573 e. The molecule has 2 amide bonds. The van der Waals surface area contributed by atoms with Crippen molar-refractivity contribution in [2.45, 2.75) is 51.2 Å². The van der Waals surface area contributed by atoms with Crippen LogP contribution in [0, 0.1) is 0 Å². The number of nitrogens with zero attached hydrogens (tertiary/aromatic N) is 1. The Kier molecular flexibility index (Phi) is 10.4. The first kappa shape index (κ1) is 30.9. The van der Waals surface area contributed by atoms with E-state index in [9.17, 15) is 27.9 Å². The molecule has 0 spiro atoms. The Morgan fingerprint density at radius 3 is 2.48 bits per heavy atom. The Morgan fingerprint density at radius 1 is 1.02 bits per heavy atom. The summed E-state index contributed by atoms with van der Waals surface area (Å²) in [6.07, 6.45) is -4.33. The molecule has 2 atom stereocenters. The molecule has 8 nitrogen and oxygen atoms in total. The lowest BCUT2D eigenvalue weighted by molar-refractivity contribution is -0.274. The van der Waals surface area contributed by atoms with Gasteiger partial charge >= 0.3 is 6.36 Å². The number of amides is 2. The predicted molar refractivity (Wildman–Crippen MR) is 151 cm³/mol. The zero-order valence-electron chi connectivity index (χ0n) is 23.2. The molecule has 224 valence electrons. The Morgan fingerprint density at radius 2 is 1.79 bits per heavy atom. The molecule has 0 aromatic heterocycles. The lowest BCUT2D eigenvalue weighted by atomic mass is 10.00. The van der Waals surface area contributed by atoms with E-state index in [1.807, 2.05) is 37.3 Å². The molecule has 0 saturated carbocycles. The van der Waals surface area contributed by atoms with Gasteiger partial charge in [0.05, 0.1) is 18.8 Å². The largest absolute Gasteiger partial charge is 0.573 e. The molecule has 42 heavy (non-hydrogen) atoms. The first-order valence-corrected chi connectivity index (χ1v) is 13.8. The molecule has 0 unspecified atom stereocenters. The van der Waals surface area contributed by atoms with Crippen molar-refractivity contribution in [2.24, 2.45) is 0 Å². The summed E-state index contributed by atoms with van der Waals surface area (Å²) in [6, 6.07) is 19.2. The van der Waals surface area contributed by atoms with Gasteiger partial charge in [0, 0.05) is 43.4 Å². The molecule has 1 fully saturated rings. The molecule has 3 aromatic carbocycles. The number of rotatable bonds is 13. The van der Waals surface area contributed by atoms with E-state index in [1.165, 1.54) is 18.2 Å². The number of carbonyl (C=O) groups excluding carboxylic acids is 2. The molecule has 0 bridgehead atoms. The van der Waals surface area contributed by atoms with E-state index < -0.39 is 24.4 Å². The molecular formula is C31H34F3N3O5. The van der Waals surface area contributed by atoms with Gasteiger partial charge in [0.1, 0.15) is 11.5 Å². The predicted octanol–water partition coefficient (Wildman–Crippen LogP) is 4.60. The number of carbonyl (C=O) groups is 2. The summed E-state index contributed by atoms with van der Waals surface area (Å²) < 4.78 is 47.4. The maximum absolute atomic E-state index is 13.5. The molecule has 1 aliphatic rings. The molecule has 4 rings (SSSR count). The van der Waals surface area contributed by atoms with Crippen LogP contribution in [0.3, 0.4) is 0 Å². The fourth-order valence-corrected chi connectivity index (χ4v) is 4.80. The molecule has 3 N–H and O–H groups in total. The van der Waals surface area contributed by atoms with Crippen LogP contribution in [-0.4, -0.2) is 55.1 Å². The van der Waals surface area contributed by atoms with Crippen molar-refractivity contribution in [1.29, 1.82) is 0 Å². The van der Waals surface area contributed by atoms with Gasteiger partial charge in [-0.25, -0.2) is 0 Å². The third-order valence-corrected chi connectivity index (χ3v) is 6.74. The smallest absolute Gasteiger partial charge is 0.494 e. The number of benzene rings is 3. The second kappa shape index (κ2) is 14.2. The molecule has 1 heterocycles. The van der Waals surface area contributed by atoms with Crippen LogP contribution in [0.4, 0.5) is 18.9 Å². The summed E-state index contributed by atoms with van der Waals surface area (Å²) in [5.41, 5.74) is 2.29. The summed E-state index contributed by atoms with van der Waals surface area (Å²) in [5.74, 6) is -0.338. The summed E-state index contributed by atoms with van der Waals surface area (Å²) in [7, 11) is 0. The second-order valence-corrected chi connectivity index (χ2v) is 9.96. The van der Waals surface area contributed by atoms with Crippen LogP contribution in [0.15, 0.2) is 72.8 Å². The monoisotopic (exact) mass is 585 g/mol. The Balaban J connectivity index is 1.47. The number of aliphatic hydroxyl groups is 1. The average Bonchev–Trinajstić information content (AvgIpc) is 3.38. The van der Waals surface area contributed by atoms with Gasteiger partial charge in [0.2, 0.25) is 5.91 Å². The SMILES string of the molecule is CCOc1cc(C(=O)N[C@@H](Cc2ccccc2)[C@H](O)CNCc2cccc(OC(F)(F)F)c2)cc(N2CCCC2=O)c1. The lowest BCUT2D eigenvalue weighted by Gasteiger charge is -2.25. The van der Waals surface area contributed by atoms with Gasteiger partial charge in [-0.05, 0) is 55.2 Å². The van der Waals surface area contributed by atoms with Crippen molar-refractivity contribution in [3.05, 3.63) is 89.5 Å². The van der Waals surface area contributed by atoms with Gasteiger partial charge < -0.3 is 30.1 Å². The van der Waals surface area contributed by atoms with E-state index in [0.29, 0.717) is 43.0 Å². The normalized spacial score (nSPS) is 14.9. The minimum absolute atomic E-state index is 0.0195. The number of anilines is 1. The van der Waals surface area contributed by atoms with Gasteiger partial charge in [-0.3, -0.25) is 9.59 Å². The zero-order chi connectivity index (χ0) is 30.1. The standard InChI is InChI=1S/C31H34F3N3O5/c1-2-41-26-17-23(16-24(18-26)37-13-7-12-29(37)39)30(40)36-27(15-21-8-4-3-5-9-21)28(38)20-35-19-22-10-6-11-25(14-22)42-31(32,33)34/h3-6,8-11,14,16-18,27-28,35,38H,2,7,12-13,15,19-20H2,1H3,(H,36,40)/t27-,28+/m0/s1. The van der Waals surface area contributed by atoms with E-state index in [0.717, 1.165) is 12.0 Å². The summed E-state index contributed by atoms with van der Waals surface area (Å²) in [6.45, 7) is 2.98. The third kappa shape index (κ3) is 8.95. The van der Waals surface area contributed by atoms with Gasteiger partial charge in [0.25, 0.3) is 5.91 Å². The van der Waals surface area contributed by atoms with E-state index >= 15 is 0 Å². The number of halogens is 3. The number of ether oxygens (including phenoxy) is 2. The highest BCUT2D eigenvalue weighted by Gasteiger charge is 2.31. The highest BCUT2D eigenvalue weighted by molar-refractivity contribution is 5.99. The molecule has 1 saturated heterocycles. The number of alkyl halides is 3. The fraction of sp³-hybridized carbons (Fsp3) is 0.355. The zero-order valence-corrected chi connectivity index (χ0v) is 23.2. The van der Waals surface area contributed by atoms with Crippen LogP contribution in [0.25, 0.3) is 0 Å². The highest BCUT2D eigenvalue weighted by atomic mass is 19.4. The van der Waals surface area contributed by atoms with Crippen LogP contribution in [0.5, 0.6) is 11.5 Å². The van der Waals surface area contributed by atoms with Crippen LogP contribution in [0.2, 0.25) is 0 Å². The Bertz CT molecular complexity index is 1350. The maximum atomic E-state index is 13.5. The van der Waals surface area contributed by atoms with E-state index in [1.54, 1.807) is 29.2 Å². The van der Waals surface area contributed by atoms with Crippen molar-refractivity contribution >= 4 is 17.5 Å². The molecule has 1 aliphatic heterocycles. The second-order valence-electron chi connectivity index (χ2n) is 9.96. The molecule has 11 heteroatoms. The van der Waals surface area contributed by atoms with Gasteiger partial charge in [0.15, 0.2) is 0 Å². The fourth-order valence-electron chi connectivity index (χ4n) is 4.80. The molecular weight excluding hydrogens is 551 g/mol. The summed E-state index contributed by atoms with van der Waals surface area (Å²) in [4.78, 5) is 27.5. The number of hydrogen-bond donors (Lipinski definition) is 3. The van der Waals surface area contributed by atoms with Gasteiger partial charge in [-0.1, -0.05) is 42.5 Å². The van der Waals surface area contributed by atoms with E-state index in [-0.39, 0.29) is 30.3 Å². The number of hydrogen-bond acceptors (Lipinski definition) is 6. The summed E-state index contributed by atoms with van der Waals surface area (Å²) in [5, 5.41) is 17.1. The topological polar surface area (TPSA) is 100 Å². The van der Waals surface area contributed by atoms with Crippen molar-refractivity contribution in [3.63, 3.8) is 0 Å². The van der Waals surface area contributed by atoms with Crippen molar-refractivity contribution in [3.8, 4) is 11.5 Å². The van der Waals surface area contributed by atoms with Crippen LogP contribution < -0.4 is 25.0 Å². The van der Waals surface area contributed by atoms with E-state index in [2.05, 4.69) is 15.4 Å². The molecule has 0 aliphatic carbocycles. The third-order valence-electron chi connectivity index (χ3n) is 6.74. The van der Waals surface area contributed by atoms with Crippen LogP contribution in [0.1, 0.15) is 41.3 Å². The minimum Gasteiger partial charge on any atom is -0.494 e. The lowest BCUT2D eigenvalue weighted by Crippen LogP contribution is -2.48. The molecule has 3 aromatic rings. The minimum atomic E-state index is -4.79. The summed E-state index contributed by atoms with van der Waals surface area (Å²) >= 11 is 0. The first-order chi connectivity index (χ1) is 20.1. The van der Waals surface area contributed by atoms with Crippen molar-refractivity contribution < 1.29 is 37.3 Å². The Labute approximate surface area is 242 Å². The van der Waals surface area contributed by atoms with Crippen molar-refractivity contribution in [1.82, 2.24) is 10.6 Å². The average molecular weight is 586 g/mol. The quantitative estimate of drug-likeness (QED) is 0.271. The van der Waals surface area contributed by atoms with Crippen LogP contribution in [-0.2, 0) is 17.8 Å². The number of nitrogens with one attached hydrogen (secondary N) is 2. The highest BCUT2D eigenvalue weighted by Crippen LogP contribution is 2.28. The Hall–Kier alpha value is -4.09. The van der Waals surface area contributed by atoms with Crippen molar-refractivity contribution in [2.75, 3.05) is 24.6 Å². The van der Waals surface area contributed by atoms with Crippen LogP contribution >= 0.6 is 0 Å². The molecule has 0 radical (unpaired) electrons. The van der Waals surface area contributed by atoms with Gasteiger partial charge in [-0.15, -0.1) is 13.2 Å². The first-order valence-electron chi connectivity index (χ1n) is 13.8.